The number of hydrogen-bond acceptors (Lipinski definition) is 5. The topological polar surface area (TPSA) is 69.8 Å². The zero-order valence-corrected chi connectivity index (χ0v) is 16.0. The number of aryl methyl sites for hydroxylation is 1. The quantitative estimate of drug-likeness (QED) is 0.499. The summed E-state index contributed by atoms with van der Waals surface area (Å²) in [5.41, 5.74) is -1.11. The van der Waals surface area contributed by atoms with Gasteiger partial charge < -0.3 is 0 Å². The van der Waals surface area contributed by atoms with Crippen LogP contribution in [0.4, 0.5) is 13.2 Å². The third kappa shape index (κ3) is 3.25. The van der Waals surface area contributed by atoms with Crippen molar-refractivity contribution in [1.29, 1.82) is 0 Å². The Morgan fingerprint density at radius 3 is 2.48 bits per heavy atom. The highest BCUT2D eigenvalue weighted by molar-refractivity contribution is 7.13. The van der Waals surface area contributed by atoms with E-state index in [0.717, 1.165) is 17.3 Å². The number of halogens is 3. The number of hydrogen-bond donors (Lipinski definition) is 0. The van der Waals surface area contributed by atoms with Crippen LogP contribution in [-0.4, -0.2) is 18.5 Å². The Bertz CT molecular complexity index is 1350. The molecule has 0 atom stereocenters. The van der Waals surface area contributed by atoms with Gasteiger partial charge in [0.05, 0.1) is 16.1 Å². The van der Waals surface area contributed by atoms with E-state index in [1.54, 1.807) is 24.4 Å². The predicted molar refractivity (Wildman–Crippen MR) is 103 cm³/mol. The Balaban J connectivity index is 1.93. The number of fused-ring (bicyclic) bond motifs is 1. The van der Waals surface area contributed by atoms with Crippen LogP contribution in [0.2, 0.25) is 0 Å². The van der Waals surface area contributed by atoms with Crippen molar-refractivity contribution < 1.29 is 13.2 Å². The molecule has 0 unspecified atom stereocenters. The molecule has 0 spiro atoms. The fourth-order valence-corrected chi connectivity index (χ4v) is 3.76. The molecule has 3 aromatic heterocycles. The lowest BCUT2D eigenvalue weighted by Gasteiger charge is -2.14. The third-order valence-electron chi connectivity index (χ3n) is 4.48. The first-order chi connectivity index (χ1) is 13.7. The minimum absolute atomic E-state index is 0.158. The van der Waals surface area contributed by atoms with E-state index in [4.69, 9.17) is 0 Å². The fraction of sp³-hybridized carbons (Fsp3) is 0.158. The molecular formula is C19H13F3N4O2S. The highest BCUT2D eigenvalue weighted by Crippen LogP contribution is 2.31. The summed E-state index contributed by atoms with van der Waals surface area (Å²) in [6, 6.07) is 8.84. The molecule has 0 fully saturated rings. The highest BCUT2D eigenvalue weighted by Gasteiger charge is 2.35. The number of nitrogens with zero attached hydrogens (tertiary/aromatic N) is 4. The second-order valence-corrected chi connectivity index (χ2v) is 7.28. The van der Waals surface area contributed by atoms with Crippen molar-refractivity contribution in [3.63, 3.8) is 0 Å². The van der Waals surface area contributed by atoms with Gasteiger partial charge in [-0.1, -0.05) is 6.07 Å². The summed E-state index contributed by atoms with van der Waals surface area (Å²) < 4.78 is 45.5. The van der Waals surface area contributed by atoms with E-state index >= 15 is 0 Å². The summed E-state index contributed by atoms with van der Waals surface area (Å²) >= 11 is 1.22. The molecule has 4 aromatic rings. The maximum absolute atomic E-state index is 13.1. The summed E-state index contributed by atoms with van der Waals surface area (Å²) in [5, 5.41) is 0.651. The Labute approximate surface area is 165 Å². The summed E-state index contributed by atoms with van der Waals surface area (Å²) in [6.45, 7) is 1.90. The van der Waals surface area contributed by atoms with Crippen molar-refractivity contribution in [3.8, 4) is 17.1 Å². The molecule has 0 saturated heterocycles. The van der Waals surface area contributed by atoms with Gasteiger partial charge >= 0.3 is 11.9 Å². The van der Waals surface area contributed by atoms with Gasteiger partial charge in [0.15, 0.2) is 0 Å². The van der Waals surface area contributed by atoms with Gasteiger partial charge in [0.25, 0.3) is 5.56 Å². The van der Waals surface area contributed by atoms with Gasteiger partial charge in [-0.05, 0) is 48.3 Å². The number of benzene rings is 1. The highest BCUT2D eigenvalue weighted by atomic mass is 32.1. The Kier molecular flexibility index (Phi) is 4.38. The Morgan fingerprint density at radius 2 is 1.83 bits per heavy atom. The maximum Gasteiger partial charge on any atom is 0.431 e. The van der Waals surface area contributed by atoms with Gasteiger partial charge in [-0.3, -0.25) is 14.3 Å². The van der Waals surface area contributed by atoms with Crippen LogP contribution >= 0.6 is 11.5 Å². The normalized spacial score (nSPS) is 11.9. The first kappa shape index (κ1) is 19.1. The third-order valence-corrected chi connectivity index (χ3v) is 5.30. The number of pyridine rings is 1. The van der Waals surface area contributed by atoms with Crippen LogP contribution in [0.1, 0.15) is 11.3 Å². The summed E-state index contributed by atoms with van der Waals surface area (Å²) in [4.78, 5) is 29.2. The molecule has 0 aliphatic rings. The zero-order chi connectivity index (χ0) is 20.9. The van der Waals surface area contributed by atoms with Gasteiger partial charge in [0, 0.05) is 24.7 Å². The lowest BCUT2D eigenvalue weighted by atomic mass is 10.1. The van der Waals surface area contributed by atoms with E-state index in [-0.39, 0.29) is 5.69 Å². The minimum Gasteiger partial charge on any atom is -0.292 e. The van der Waals surface area contributed by atoms with Gasteiger partial charge in [-0.25, -0.2) is 9.36 Å². The standard InChI is InChI=1S/C19H13F3N4O2S/c1-10-3-5-13(23-9-10)17-12-7-11(4-6-14(12)29-24-17)26-16(27)8-15(19(20,21)22)25(2)18(26)28/h3-9H,1-2H3. The molecule has 0 radical (unpaired) electrons. The monoisotopic (exact) mass is 418 g/mol. The molecule has 10 heteroatoms. The largest absolute Gasteiger partial charge is 0.431 e. The molecule has 148 valence electrons. The van der Waals surface area contributed by atoms with Gasteiger partial charge in [0.1, 0.15) is 11.4 Å². The van der Waals surface area contributed by atoms with Crippen molar-refractivity contribution in [2.75, 3.05) is 0 Å². The minimum atomic E-state index is -4.81. The molecule has 0 amide bonds. The molecule has 0 aliphatic heterocycles. The van der Waals surface area contributed by atoms with Crippen LogP contribution in [0.5, 0.6) is 0 Å². The van der Waals surface area contributed by atoms with Crippen molar-refractivity contribution in [2.24, 2.45) is 7.05 Å². The molecular weight excluding hydrogens is 405 g/mol. The molecule has 0 bridgehead atoms. The Hall–Kier alpha value is -3.27. The smallest absolute Gasteiger partial charge is 0.292 e. The van der Waals surface area contributed by atoms with Crippen LogP contribution in [0.25, 0.3) is 27.2 Å². The van der Waals surface area contributed by atoms with E-state index in [0.29, 0.717) is 32.0 Å². The fourth-order valence-electron chi connectivity index (χ4n) is 2.99. The van der Waals surface area contributed by atoms with Crippen molar-refractivity contribution >= 4 is 21.6 Å². The van der Waals surface area contributed by atoms with Gasteiger partial charge in [0.2, 0.25) is 0 Å². The average molecular weight is 418 g/mol. The van der Waals surface area contributed by atoms with Crippen LogP contribution in [0.3, 0.4) is 0 Å². The Morgan fingerprint density at radius 1 is 1.07 bits per heavy atom. The van der Waals surface area contributed by atoms with Gasteiger partial charge in [-0.2, -0.15) is 17.5 Å². The molecule has 0 N–H and O–H groups in total. The molecule has 29 heavy (non-hydrogen) atoms. The lowest BCUT2D eigenvalue weighted by Crippen LogP contribution is -2.40. The average Bonchev–Trinajstić information content (AvgIpc) is 3.08. The van der Waals surface area contributed by atoms with E-state index in [9.17, 15) is 22.8 Å². The predicted octanol–water partition coefficient (Wildman–Crippen LogP) is 3.54. The first-order valence-corrected chi connectivity index (χ1v) is 9.17. The SMILES string of the molecule is Cc1ccc(-c2nsc3ccc(-n4c(=O)cc(C(F)(F)F)n(C)c4=O)cc23)nc1. The second-order valence-electron chi connectivity index (χ2n) is 6.48. The molecule has 1 aromatic carbocycles. The van der Waals surface area contributed by atoms with E-state index in [1.807, 2.05) is 13.0 Å². The van der Waals surface area contributed by atoms with Crippen molar-refractivity contribution in [3.05, 3.63) is 74.7 Å². The number of rotatable bonds is 2. The summed E-state index contributed by atoms with van der Waals surface area (Å²) in [5.74, 6) is 0. The number of aromatic nitrogens is 4. The molecule has 3 heterocycles. The summed E-state index contributed by atoms with van der Waals surface area (Å²) in [7, 11) is 0.980. The maximum atomic E-state index is 13.1. The molecule has 6 nitrogen and oxygen atoms in total. The molecule has 0 aliphatic carbocycles. The van der Waals surface area contributed by atoms with E-state index in [2.05, 4.69) is 9.36 Å². The molecule has 0 saturated carbocycles. The van der Waals surface area contributed by atoms with Crippen LogP contribution in [0.15, 0.2) is 52.2 Å². The second kappa shape index (κ2) is 6.66. The van der Waals surface area contributed by atoms with Crippen LogP contribution < -0.4 is 11.2 Å². The summed E-state index contributed by atoms with van der Waals surface area (Å²) in [6.07, 6.45) is -3.11. The first-order valence-electron chi connectivity index (χ1n) is 8.40. The van der Waals surface area contributed by atoms with Crippen LogP contribution in [0, 0.1) is 6.92 Å². The lowest BCUT2D eigenvalue weighted by molar-refractivity contribution is -0.144. The van der Waals surface area contributed by atoms with E-state index < -0.39 is 23.1 Å². The number of alkyl halides is 3. The van der Waals surface area contributed by atoms with E-state index in [1.165, 1.54) is 17.6 Å². The van der Waals surface area contributed by atoms with Crippen molar-refractivity contribution in [1.82, 2.24) is 18.5 Å². The molecule has 4 rings (SSSR count). The van der Waals surface area contributed by atoms with Gasteiger partial charge in [-0.15, -0.1) is 0 Å². The van der Waals surface area contributed by atoms with Crippen molar-refractivity contribution in [2.45, 2.75) is 13.1 Å². The zero-order valence-electron chi connectivity index (χ0n) is 15.2. The van der Waals surface area contributed by atoms with Crippen LogP contribution in [-0.2, 0) is 13.2 Å².